The molecule has 2 aliphatic heterocycles. The zero-order valence-electron chi connectivity index (χ0n) is 15.7. The summed E-state index contributed by atoms with van der Waals surface area (Å²) < 4.78 is 10.9. The van der Waals surface area contributed by atoms with Gasteiger partial charge in [0, 0.05) is 18.7 Å². The Morgan fingerprint density at radius 3 is 2.38 bits per heavy atom. The van der Waals surface area contributed by atoms with Gasteiger partial charge in [-0.3, -0.25) is 9.59 Å². The molecule has 0 atom stereocenters. The van der Waals surface area contributed by atoms with Crippen molar-refractivity contribution in [2.45, 2.75) is 0 Å². The van der Waals surface area contributed by atoms with Crippen LogP contribution in [-0.2, 0) is 14.3 Å². The van der Waals surface area contributed by atoms with Crippen LogP contribution >= 0.6 is 23.2 Å². The van der Waals surface area contributed by atoms with Crippen molar-refractivity contribution >= 4 is 46.3 Å². The van der Waals surface area contributed by atoms with E-state index < -0.39 is 11.8 Å². The van der Waals surface area contributed by atoms with Crippen LogP contribution in [0.1, 0.15) is 5.56 Å². The van der Waals surface area contributed by atoms with Crippen molar-refractivity contribution in [3.05, 3.63) is 63.8 Å². The predicted octanol–water partition coefficient (Wildman–Crippen LogP) is 3.62. The van der Waals surface area contributed by atoms with Gasteiger partial charge in [0.1, 0.15) is 11.4 Å². The fraction of sp³-hybridized carbons (Fsp3) is 0.238. The fourth-order valence-corrected chi connectivity index (χ4v) is 3.84. The molecular weight excluding hydrogens is 415 g/mol. The van der Waals surface area contributed by atoms with Crippen LogP contribution in [0.4, 0.5) is 5.69 Å². The Morgan fingerprint density at radius 1 is 0.966 bits per heavy atom. The van der Waals surface area contributed by atoms with E-state index in [1.165, 1.54) is 13.2 Å². The van der Waals surface area contributed by atoms with Crippen molar-refractivity contribution in [3.8, 4) is 5.75 Å². The number of nitrogens with zero attached hydrogens (tertiary/aromatic N) is 2. The molecule has 0 radical (unpaired) electrons. The number of amides is 2. The van der Waals surface area contributed by atoms with Crippen LogP contribution in [0.2, 0.25) is 10.0 Å². The van der Waals surface area contributed by atoms with Crippen LogP contribution in [0, 0.1) is 0 Å². The van der Waals surface area contributed by atoms with Gasteiger partial charge in [0.2, 0.25) is 0 Å². The van der Waals surface area contributed by atoms with E-state index in [1.54, 1.807) is 30.3 Å². The zero-order chi connectivity index (χ0) is 20.5. The van der Waals surface area contributed by atoms with Gasteiger partial charge in [0.05, 0.1) is 41.6 Å². The molecule has 2 aromatic rings. The molecule has 2 aliphatic rings. The smallest absolute Gasteiger partial charge is 0.282 e. The standard InChI is InChI=1S/C21H18Cl2N2O4/c1-28-17-5-3-2-4-14(17)18-19(24-8-10-29-11-9-24)21(27)25(20(18)26)13-6-7-15(22)16(23)12-13/h2-7,12H,8-11H2,1H3. The number of anilines is 1. The largest absolute Gasteiger partial charge is 0.496 e. The molecule has 150 valence electrons. The molecule has 0 aliphatic carbocycles. The van der Waals surface area contributed by atoms with Gasteiger partial charge in [-0.05, 0) is 24.3 Å². The van der Waals surface area contributed by atoms with E-state index in [-0.39, 0.29) is 5.02 Å². The Hall–Kier alpha value is -2.54. The second-order valence-corrected chi connectivity index (χ2v) is 7.38. The molecule has 1 saturated heterocycles. The summed E-state index contributed by atoms with van der Waals surface area (Å²) in [6.07, 6.45) is 0. The topological polar surface area (TPSA) is 59.1 Å². The Balaban J connectivity index is 1.87. The molecule has 29 heavy (non-hydrogen) atoms. The SMILES string of the molecule is COc1ccccc1C1=C(N2CCOCC2)C(=O)N(c2ccc(Cl)c(Cl)c2)C1=O. The van der Waals surface area contributed by atoms with Gasteiger partial charge in [0.25, 0.3) is 11.8 Å². The third-order valence-corrected chi connectivity index (χ3v) is 5.66. The second kappa shape index (κ2) is 8.06. The summed E-state index contributed by atoms with van der Waals surface area (Å²) in [7, 11) is 1.53. The Kier molecular flexibility index (Phi) is 5.50. The minimum atomic E-state index is -0.431. The number of imide groups is 1. The maximum atomic E-state index is 13.5. The van der Waals surface area contributed by atoms with E-state index in [1.807, 2.05) is 11.0 Å². The van der Waals surface area contributed by atoms with Crippen molar-refractivity contribution in [2.75, 3.05) is 38.3 Å². The molecule has 2 amide bonds. The highest BCUT2D eigenvalue weighted by molar-refractivity contribution is 6.46. The van der Waals surface area contributed by atoms with Crippen LogP contribution in [0.3, 0.4) is 0 Å². The number of hydrogen-bond donors (Lipinski definition) is 0. The molecule has 0 unspecified atom stereocenters. The number of para-hydroxylation sites is 1. The zero-order valence-corrected chi connectivity index (χ0v) is 17.2. The number of morpholine rings is 1. The van der Waals surface area contributed by atoms with E-state index in [9.17, 15) is 9.59 Å². The number of carbonyl (C=O) groups excluding carboxylic acids is 2. The number of halogens is 2. The quantitative estimate of drug-likeness (QED) is 0.690. The predicted molar refractivity (Wildman–Crippen MR) is 111 cm³/mol. The maximum absolute atomic E-state index is 13.5. The average molecular weight is 433 g/mol. The summed E-state index contributed by atoms with van der Waals surface area (Å²) in [6, 6.07) is 11.8. The first-order valence-electron chi connectivity index (χ1n) is 9.07. The number of hydrogen-bond acceptors (Lipinski definition) is 5. The number of benzene rings is 2. The minimum absolute atomic E-state index is 0.267. The maximum Gasteiger partial charge on any atom is 0.282 e. The van der Waals surface area contributed by atoms with Crippen molar-refractivity contribution < 1.29 is 19.1 Å². The van der Waals surface area contributed by atoms with Crippen molar-refractivity contribution in [2.24, 2.45) is 0 Å². The van der Waals surface area contributed by atoms with Crippen molar-refractivity contribution in [3.63, 3.8) is 0 Å². The molecule has 0 spiro atoms. The third kappa shape index (κ3) is 3.48. The summed E-state index contributed by atoms with van der Waals surface area (Å²) in [5.41, 5.74) is 1.58. The van der Waals surface area contributed by atoms with E-state index in [4.69, 9.17) is 32.7 Å². The highest BCUT2D eigenvalue weighted by Gasteiger charge is 2.43. The molecule has 0 N–H and O–H groups in total. The lowest BCUT2D eigenvalue weighted by Gasteiger charge is -2.29. The van der Waals surface area contributed by atoms with Gasteiger partial charge < -0.3 is 14.4 Å². The highest BCUT2D eigenvalue weighted by Crippen LogP contribution is 2.39. The summed E-state index contributed by atoms with van der Waals surface area (Å²) in [5.74, 6) is -0.319. The van der Waals surface area contributed by atoms with E-state index >= 15 is 0 Å². The van der Waals surface area contributed by atoms with Crippen LogP contribution < -0.4 is 9.64 Å². The number of rotatable bonds is 4. The number of methoxy groups -OCH3 is 1. The first-order valence-corrected chi connectivity index (χ1v) is 9.82. The summed E-state index contributed by atoms with van der Waals surface area (Å²) in [6.45, 7) is 2.00. The molecule has 8 heteroatoms. The highest BCUT2D eigenvalue weighted by atomic mass is 35.5. The van der Waals surface area contributed by atoms with Gasteiger partial charge in [-0.25, -0.2) is 4.90 Å². The molecule has 6 nitrogen and oxygen atoms in total. The van der Waals surface area contributed by atoms with E-state index in [0.717, 1.165) is 4.90 Å². The first-order chi connectivity index (χ1) is 14.0. The van der Waals surface area contributed by atoms with Crippen LogP contribution in [0.15, 0.2) is 48.2 Å². The molecule has 0 saturated carbocycles. The number of carbonyl (C=O) groups is 2. The number of ether oxygens (including phenoxy) is 2. The van der Waals surface area contributed by atoms with E-state index in [0.29, 0.717) is 59.6 Å². The Labute approximate surface area is 178 Å². The van der Waals surface area contributed by atoms with Crippen molar-refractivity contribution in [1.82, 2.24) is 4.90 Å². The lowest BCUT2D eigenvalue weighted by atomic mass is 10.0. The van der Waals surface area contributed by atoms with Crippen LogP contribution in [-0.4, -0.2) is 50.1 Å². The van der Waals surface area contributed by atoms with Crippen LogP contribution in [0.5, 0.6) is 5.75 Å². The monoisotopic (exact) mass is 432 g/mol. The minimum Gasteiger partial charge on any atom is -0.496 e. The van der Waals surface area contributed by atoms with Gasteiger partial charge in [-0.1, -0.05) is 41.4 Å². The lowest BCUT2D eigenvalue weighted by Crippen LogP contribution is -2.40. The normalized spacial score (nSPS) is 17.3. The Bertz CT molecular complexity index is 1020. The van der Waals surface area contributed by atoms with Gasteiger partial charge in [0.15, 0.2) is 0 Å². The molecular formula is C21H18Cl2N2O4. The molecule has 0 bridgehead atoms. The molecule has 2 heterocycles. The van der Waals surface area contributed by atoms with Crippen LogP contribution in [0.25, 0.3) is 5.57 Å². The average Bonchev–Trinajstić information content (AvgIpc) is 3.00. The molecule has 4 rings (SSSR count). The first kappa shape index (κ1) is 19.8. The van der Waals surface area contributed by atoms with Gasteiger partial charge >= 0.3 is 0 Å². The molecule has 0 aromatic heterocycles. The lowest BCUT2D eigenvalue weighted by molar-refractivity contribution is -0.121. The summed E-state index contributed by atoms with van der Waals surface area (Å²) in [5, 5.41) is 0.615. The van der Waals surface area contributed by atoms with Crippen molar-refractivity contribution in [1.29, 1.82) is 0 Å². The molecule has 2 aromatic carbocycles. The fourth-order valence-electron chi connectivity index (χ4n) is 3.55. The Morgan fingerprint density at radius 2 is 1.69 bits per heavy atom. The summed E-state index contributed by atoms with van der Waals surface area (Å²) in [4.78, 5) is 30.0. The second-order valence-electron chi connectivity index (χ2n) is 6.57. The van der Waals surface area contributed by atoms with Gasteiger partial charge in [-0.2, -0.15) is 0 Å². The third-order valence-electron chi connectivity index (χ3n) is 4.92. The van der Waals surface area contributed by atoms with Gasteiger partial charge in [-0.15, -0.1) is 0 Å². The van der Waals surface area contributed by atoms with E-state index in [2.05, 4.69) is 0 Å². The summed E-state index contributed by atoms with van der Waals surface area (Å²) >= 11 is 12.1. The molecule has 1 fully saturated rings.